The highest BCUT2D eigenvalue weighted by Crippen LogP contribution is 2.29. The van der Waals surface area contributed by atoms with Crippen LogP contribution < -0.4 is 15.5 Å². The molecule has 2 aromatic carbocycles. The molecule has 0 aliphatic carbocycles. The summed E-state index contributed by atoms with van der Waals surface area (Å²) in [5.41, 5.74) is 2.69. The summed E-state index contributed by atoms with van der Waals surface area (Å²) >= 11 is 6.09. The van der Waals surface area contributed by atoms with Crippen LogP contribution in [0.3, 0.4) is 0 Å². The Balaban J connectivity index is 1.72. The topological polar surface area (TPSA) is 78.5 Å². The molecule has 3 amide bonds. The molecule has 3 rings (SSSR count). The predicted molar refractivity (Wildman–Crippen MR) is 106 cm³/mol. The van der Waals surface area contributed by atoms with Crippen LogP contribution in [-0.2, 0) is 14.4 Å². The van der Waals surface area contributed by atoms with Crippen molar-refractivity contribution in [1.29, 1.82) is 0 Å². The van der Waals surface area contributed by atoms with Crippen LogP contribution in [0.15, 0.2) is 42.5 Å². The van der Waals surface area contributed by atoms with Crippen LogP contribution in [-0.4, -0.2) is 24.3 Å². The van der Waals surface area contributed by atoms with Crippen LogP contribution >= 0.6 is 11.6 Å². The van der Waals surface area contributed by atoms with Crippen molar-refractivity contribution in [2.45, 2.75) is 20.3 Å². The number of hydrogen-bond donors (Lipinski definition) is 2. The molecule has 27 heavy (non-hydrogen) atoms. The third-order valence-corrected chi connectivity index (χ3v) is 4.91. The van der Waals surface area contributed by atoms with E-state index < -0.39 is 5.92 Å². The van der Waals surface area contributed by atoms with Gasteiger partial charge in [-0.15, -0.1) is 0 Å². The number of nitrogens with one attached hydrogen (secondary N) is 2. The minimum absolute atomic E-state index is 0.127. The second-order valence-electron chi connectivity index (χ2n) is 6.54. The van der Waals surface area contributed by atoms with Gasteiger partial charge < -0.3 is 15.5 Å². The van der Waals surface area contributed by atoms with Gasteiger partial charge in [-0.1, -0.05) is 23.7 Å². The highest BCUT2D eigenvalue weighted by Gasteiger charge is 2.35. The molecule has 0 radical (unpaired) electrons. The van der Waals surface area contributed by atoms with Crippen LogP contribution in [0.1, 0.15) is 18.9 Å². The third-order valence-electron chi connectivity index (χ3n) is 4.50. The van der Waals surface area contributed by atoms with Gasteiger partial charge in [0, 0.05) is 42.0 Å². The van der Waals surface area contributed by atoms with E-state index in [4.69, 9.17) is 11.6 Å². The molecular weight excluding hydrogens is 366 g/mol. The second-order valence-corrected chi connectivity index (χ2v) is 6.95. The Labute approximate surface area is 162 Å². The lowest BCUT2D eigenvalue weighted by Gasteiger charge is -2.18. The molecule has 1 heterocycles. The van der Waals surface area contributed by atoms with Crippen molar-refractivity contribution in [3.05, 3.63) is 53.1 Å². The van der Waals surface area contributed by atoms with Gasteiger partial charge in [0.2, 0.25) is 17.7 Å². The third kappa shape index (κ3) is 4.28. The summed E-state index contributed by atoms with van der Waals surface area (Å²) in [6.07, 6.45) is 0.135. The van der Waals surface area contributed by atoms with E-state index in [-0.39, 0.29) is 30.7 Å². The van der Waals surface area contributed by atoms with Gasteiger partial charge in [0.25, 0.3) is 0 Å². The van der Waals surface area contributed by atoms with E-state index in [0.29, 0.717) is 22.1 Å². The number of benzene rings is 2. The summed E-state index contributed by atoms with van der Waals surface area (Å²) < 4.78 is 0. The number of anilines is 3. The van der Waals surface area contributed by atoms with Crippen LogP contribution in [0.5, 0.6) is 0 Å². The number of carbonyl (C=O) groups is 3. The van der Waals surface area contributed by atoms with Crippen LogP contribution in [0.4, 0.5) is 17.1 Å². The number of amides is 3. The summed E-state index contributed by atoms with van der Waals surface area (Å²) in [4.78, 5) is 37.8. The number of halogens is 1. The second kappa shape index (κ2) is 7.80. The smallest absolute Gasteiger partial charge is 0.229 e. The van der Waals surface area contributed by atoms with Crippen molar-refractivity contribution in [2.75, 3.05) is 22.1 Å². The molecular formula is C20H20ClN3O3. The molecule has 7 heteroatoms. The Bertz CT molecular complexity index is 913. The maximum atomic E-state index is 12.6. The molecule has 2 N–H and O–H groups in total. The van der Waals surface area contributed by atoms with E-state index in [1.54, 1.807) is 47.4 Å². The first-order valence-corrected chi connectivity index (χ1v) is 8.97. The van der Waals surface area contributed by atoms with Crippen molar-refractivity contribution in [3.63, 3.8) is 0 Å². The first-order valence-electron chi connectivity index (χ1n) is 8.59. The van der Waals surface area contributed by atoms with Crippen molar-refractivity contribution >= 4 is 46.4 Å². The zero-order valence-corrected chi connectivity index (χ0v) is 15.8. The molecule has 1 atom stereocenters. The Morgan fingerprint density at radius 3 is 2.63 bits per heavy atom. The summed E-state index contributed by atoms with van der Waals surface area (Å²) in [6.45, 7) is 3.54. The van der Waals surface area contributed by atoms with Gasteiger partial charge >= 0.3 is 0 Å². The lowest BCUT2D eigenvalue weighted by molar-refractivity contribution is -0.122. The average molecular weight is 386 g/mol. The number of hydrogen-bond acceptors (Lipinski definition) is 3. The lowest BCUT2D eigenvalue weighted by atomic mass is 10.1. The van der Waals surface area contributed by atoms with Gasteiger partial charge in [-0.2, -0.15) is 0 Å². The summed E-state index contributed by atoms with van der Waals surface area (Å²) in [5.74, 6) is -0.985. The fraction of sp³-hybridized carbons (Fsp3) is 0.250. The highest BCUT2D eigenvalue weighted by atomic mass is 35.5. The quantitative estimate of drug-likeness (QED) is 0.844. The fourth-order valence-corrected chi connectivity index (χ4v) is 3.24. The van der Waals surface area contributed by atoms with Gasteiger partial charge in [0.15, 0.2) is 0 Å². The van der Waals surface area contributed by atoms with E-state index in [2.05, 4.69) is 10.6 Å². The standard InChI is InChI=1S/C20H20ClN3O3/c1-12-17(21)7-4-8-18(12)23-20(27)14-9-19(26)24(11-14)16-6-3-5-15(10-16)22-13(2)25/h3-8,10,14H,9,11H2,1-2H3,(H,22,25)(H,23,27). The number of nitrogens with zero attached hydrogens (tertiary/aromatic N) is 1. The molecule has 0 saturated carbocycles. The molecule has 0 spiro atoms. The van der Waals surface area contributed by atoms with Gasteiger partial charge in [-0.25, -0.2) is 0 Å². The van der Waals surface area contributed by atoms with Gasteiger partial charge in [-0.05, 0) is 42.8 Å². The molecule has 0 bridgehead atoms. The maximum absolute atomic E-state index is 12.6. The Morgan fingerprint density at radius 1 is 1.15 bits per heavy atom. The molecule has 6 nitrogen and oxygen atoms in total. The number of rotatable bonds is 4. The Hall–Kier alpha value is -2.86. The normalized spacial score (nSPS) is 16.3. The zero-order valence-electron chi connectivity index (χ0n) is 15.1. The molecule has 1 fully saturated rings. The molecule has 1 saturated heterocycles. The lowest BCUT2D eigenvalue weighted by Crippen LogP contribution is -2.28. The zero-order chi connectivity index (χ0) is 19.6. The fourth-order valence-electron chi connectivity index (χ4n) is 3.07. The van der Waals surface area contributed by atoms with Crippen LogP contribution in [0.25, 0.3) is 0 Å². The van der Waals surface area contributed by atoms with Crippen LogP contribution in [0.2, 0.25) is 5.02 Å². The van der Waals surface area contributed by atoms with Crippen LogP contribution in [0, 0.1) is 12.8 Å². The summed E-state index contributed by atoms with van der Waals surface area (Å²) in [7, 11) is 0. The molecule has 1 aliphatic rings. The van der Waals surface area contributed by atoms with Crippen molar-refractivity contribution in [1.82, 2.24) is 0 Å². The van der Waals surface area contributed by atoms with E-state index in [0.717, 1.165) is 5.56 Å². The monoisotopic (exact) mass is 385 g/mol. The molecule has 1 aliphatic heterocycles. The first kappa shape index (κ1) is 18.9. The summed E-state index contributed by atoms with van der Waals surface area (Å²) in [5, 5.41) is 6.13. The molecule has 0 aromatic heterocycles. The Kier molecular flexibility index (Phi) is 5.46. The minimum Gasteiger partial charge on any atom is -0.326 e. The molecule has 2 aromatic rings. The Morgan fingerprint density at radius 2 is 1.89 bits per heavy atom. The minimum atomic E-state index is -0.458. The van der Waals surface area contributed by atoms with Crippen molar-refractivity contribution < 1.29 is 14.4 Å². The first-order chi connectivity index (χ1) is 12.8. The van der Waals surface area contributed by atoms with Gasteiger partial charge in [-0.3, -0.25) is 14.4 Å². The van der Waals surface area contributed by atoms with E-state index in [1.165, 1.54) is 6.92 Å². The SMILES string of the molecule is CC(=O)Nc1cccc(N2CC(C(=O)Nc3cccc(Cl)c3C)CC2=O)c1. The van der Waals surface area contributed by atoms with E-state index in [9.17, 15) is 14.4 Å². The average Bonchev–Trinajstić information content (AvgIpc) is 3.00. The van der Waals surface area contributed by atoms with Gasteiger partial charge in [0.1, 0.15) is 0 Å². The highest BCUT2D eigenvalue weighted by molar-refractivity contribution is 6.31. The largest absolute Gasteiger partial charge is 0.326 e. The van der Waals surface area contributed by atoms with Crippen molar-refractivity contribution in [3.8, 4) is 0 Å². The number of carbonyl (C=O) groups excluding carboxylic acids is 3. The molecule has 1 unspecified atom stereocenters. The summed E-state index contributed by atoms with van der Waals surface area (Å²) in [6, 6.07) is 12.3. The van der Waals surface area contributed by atoms with E-state index >= 15 is 0 Å². The van der Waals surface area contributed by atoms with Gasteiger partial charge in [0.05, 0.1) is 5.92 Å². The van der Waals surface area contributed by atoms with Crippen molar-refractivity contribution in [2.24, 2.45) is 5.92 Å². The van der Waals surface area contributed by atoms with E-state index in [1.807, 2.05) is 6.92 Å². The molecule has 140 valence electrons. The predicted octanol–water partition coefficient (Wildman–Crippen LogP) is 3.60. The maximum Gasteiger partial charge on any atom is 0.229 e.